The molecular weight excluding hydrogens is 177 g/mol. The molecule has 0 aliphatic carbocycles. The fourth-order valence-corrected chi connectivity index (χ4v) is 1.14. The van der Waals surface area contributed by atoms with Crippen LogP contribution in [0, 0.1) is 5.82 Å². The van der Waals surface area contributed by atoms with E-state index in [1.54, 1.807) is 0 Å². The van der Waals surface area contributed by atoms with Crippen LogP contribution >= 0.6 is 0 Å². The largest absolute Gasteiger partial charge is 0.420 e. The molecule has 13 heavy (non-hydrogen) atoms. The Labute approximate surface area is 73.9 Å². The lowest BCUT2D eigenvalue weighted by Crippen LogP contribution is -2.41. The number of nitrogens with one attached hydrogen (secondary N) is 1. The van der Waals surface area contributed by atoms with Gasteiger partial charge in [-0.3, -0.25) is 5.32 Å². The monoisotopic (exact) mass is 185 g/mol. The molecule has 1 unspecified atom stereocenters. The van der Waals surface area contributed by atoms with Crippen LogP contribution in [0.25, 0.3) is 0 Å². The number of aliphatic hydroxyl groups is 1. The van der Waals surface area contributed by atoms with Crippen LogP contribution in [0.1, 0.15) is 0 Å². The Balaban J connectivity index is 2.40. The number of ether oxygens (including phenoxy) is 2. The number of anilines is 1. The quantitative estimate of drug-likeness (QED) is 0.637. The van der Waals surface area contributed by atoms with E-state index < -0.39 is 11.9 Å². The standard InChI is InChI=1S/C8H8FNO3/c1-12-8(11)10-7-5(9)3-2-4-6(7)13-8/h2-4,10-11H,1H3. The third kappa shape index (κ3) is 1.22. The molecule has 1 aliphatic rings. The zero-order valence-corrected chi connectivity index (χ0v) is 6.87. The van der Waals surface area contributed by atoms with Crippen molar-refractivity contribution in [3.8, 4) is 5.75 Å². The SMILES string of the molecule is COC1(O)Nc2c(F)cccc2O1. The van der Waals surface area contributed by atoms with Crippen LogP contribution in [0.2, 0.25) is 0 Å². The van der Waals surface area contributed by atoms with Crippen molar-refractivity contribution in [3.05, 3.63) is 24.0 Å². The van der Waals surface area contributed by atoms with E-state index in [0.29, 0.717) is 0 Å². The topological polar surface area (TPSA) is 50.7 Å². The van der Waals surface area contributed by atoms with Gasteiger partial charge in [0.2, 0.25) is 0 Å². The van der Waals surface area contributed by atoms with Gasteiger partial charge in [0.15, 0.2) is 5.75 Å². The van der Waals surface area contributed by atoms with E-state index in [0.717, 1.165) is 0 Å². The highest BCUT2D eigenvalue weighted by Gasteiger charge is 2.38. The van der Waals surface area contributed by atoms with E-state index in [1.165, 1.54) is 25.3 Å². The minimum absolute atomic E-state index is 0.104. The van der Waals surface area contributed by atoms with E-state index in [-0.39, 0.29) is 11.4 Å². The maximum Gasteiger partial charge on any atom is 0.419 e. The van der Waals surface area contributed by atoms with Gasteiger partial charge in [-0.15, -0.1) is 0 Å². The molecule has 0 radical (unpaired) electrons. The van der Waals surface area contributed by atoms with Crippen LogP contribution in [-0.4, -0.2) is 18.3 Å². The summed E-state index contributed by atoms with van der Waals surface area (Å²) in [7, 11) is 1.25. The van der Waals surface area contributed by atoms with Crippen molar-refractivity contribution in [2.24, 2.45) is 0 Å². The first kappa shape index (κ1) is 8.28. The highest BCUT2D eigenvalue weighted by molar-refractivity contribution is 5.61. The average molecular weight is 185 g/mol. The minimum Gasteiger partial charge on any atom is -0.420 e. The average Bonchev–Trinajstić information content (AvgIpc) is 2.45. The first-order chi connectivity index (χ1) is 6.14. The molecule has 4 nitrogen and oxygen atoms in total. The van der Waals surface area contributed by atoms with E-state index >= 15 is 0 Å². The number of hydrogen-bond donors (Lipinski definition) is 2. The van der Waals surface area contributed by atoms with Gasteiger partial charge in [-0.05, 0) is 12.1 Å². The van der Waals surface area contributed by atoms with Crippen molar-refractivity contribution in [2.45, 2.75) is 6.10 Å². The summed E-state index contributed by atoms with van der Waals surface area (Å²) in [6.07, 6.45) is -1.95. The number of halogens is 1. The molecule has 1 heterocycles. The third-order valence-electron chi connectivity index (χ3n) is 1.78. The van der Waals surface area contributed by atoms with Gasteiger partial charge in [0.05, 0.1) is 0 Å². The van der Waals surface area contributed by atoms with E-state index in [1.807, 2.05) is 0 Å². The molecule has 1 atom stereocenters. The predicted molar refractivity (Wildman–Crippen MR) is 42.6 cm³/mol. The normalized spacial score (nSPS) is 24.8. The molecule has 2 N–H and O–H groups in total. The van der Waals surface area contributed by atoms with E-state index in [2.05, 4.69) is 10.1 Å². The third-order valence-corrected chi connectivity index (χ3v) is 1.78. The molecule has 5 heteroatoms. The smallest absolute Gasteiger partial charge is 0.419 e. The molecule has 0 saturated carbocycles. The number of hydrogen-bond acceptors (Lipinski definition) is 4. The first-order valence-electron chi connectivity index (χ1n) is 3.68. The molecule has 2 rings (SSSR count). The summed E-state index contributed by atoms with van der Waals surface area (Å²) in [5.74, 6) is -0.269. The number of benzene rings is 1. The number of para-hydroxylation sites is 1. The van der Waals surface area contributed by atoms with E-state index in [4.69, 9.17) is 4.74 Å². The highest BCUT2D eigenvalue weighted by Crippen LogP contribution is 2.37. The molecule has 0 saturated heterocycles. The Hall–Kier alpha value is -1.33. The second-order valence-electron chi connectivity index (χ2n) is 2.63. The van der Waals surface area contributed by atoms with Crippen LogP contribution in [0.3, 0.4) is 0 Å². The number of rotatable bonds is 1. The Bertz CT molecular complexity index is 344. The lowest BCUT2D eigenvalue weighted by Gasteiger charge is -2.18. The van der Waals surface area contributed by atoms with Crippen molar-refractivity contribution in [1.82, 2.24) is 0 Å². The molecule has 1 aromatic carbocycles. The molecule has 1 aliphatic heterocycles. The molecule has 0 spiro atoms. The number of methoxy groups -OCH3 is 1. The van der Waals surface area contributed by atoms with Crippen LogP contribution in [0.15, 0.2) is 18.2 Å². The molecule has 0 bridgehead atoms. The molecule has 0 aromatic heterocycles. The van der Waals surface area contributed by atoms with Crippen molar-refractivity contribution < 1.29 is 19.0 Å². The Kier molecular flexibility index (Phi) is 1.64. The fourth-order valence-electron chi connectivity index (χ4n) is 1.14. The van der Waals surface area contributed by atoms with Gasteiger partial charge in [0.25, 0.3) is 0 Å². The Morgan fingerprint density at radius 3 is 3.00 bits per heavy atom. The Morgan fingerprint density at radius 2 is 2.38 bits per heavy atom. The molecule has 70 valence electrons. The van der Waals surface area contributed by atoms with Crippen LogP contribution < -0.4 is 10.1 Å². The van der Waals surface area contributed by atoms with Crippen molar-refractivity contribution in [2.75, 3.05) is 12.4 Å². The van der Waals surface area contributed by atoms with Crippen molar-refractivity contribution >= 4 is 5.69 Å². The molecule has 0 amide bonds. The van der Waals surface area contributed by atoms with Crippen LogP contribution in [-0.2, 0) is 4.74 Å². The lowest BCUT2D eigenvalue weighted by atomic mass is 10.3. The second kappa shape index (κ2) is 2.58. The molecule has 1 aromatic rings. The predicted octanol–water partition coefficient (Wildman–Crippen LogP) is 0.880. The molecule has 0 fully saturated rings. The summed E-state index contributed by atoms with van der Waals surface area (Å²) < 4.78 is 22.6. The minimum atomic E-state index is -1.95. The summed E-state index contributed by atoms with van der Waals surface area (Å²) in [6.45, 7) is 0. The Morgan fingerprint density at radius 1 is 1.62 bits per heavy atom. The van der Waals surface area contributed by atoms with Gasteiger partial charge in [-0.25, -0.2) is 4.39 Å². The number of fused-ring (bicyclic) bond motifs is 1. The van der Waals surface area contributed by atoms with Crippen LogP contribution in [0.5, 0.6) is 5.75 Å². The highest BCUT2D eigenvalue weighted by atomic mass is 19.1. The van der Waals surface area contributed by atoms with Gasteiger partial charge < -0.3 is 14.6 Å². The summed E-state index contributed by atoms with van der Waals surface area (Å²) in [4.78, 5) is 0. The second-order valence-corrected chi connectivity index (χ2v) is 2.63. The van der Waals surface area contributed by atoms with E-state index in [9.17, 15) is 9.50 Å². The zero-order chi connectivity index (χ0) is 9.47. The van der Waals surface area contributed by atoms with Crippen molar-refractivity contribution in [1.29, 1.82) is 0 Å². The summed E-state index contributed by atoms with van der Waals surface area (Å²) in [5.41, 5.74) is 0.104. The summed E-state index contributed by atoms with van der Waals surface area (Å²) in [5, 5.41) is 11.8. The molecular formula is C8H8FNO3. The van der Waals surface area contributed by atoms with Crippen molar-refractivity contribution in [3.63, 3.8) is 0 Å². The maximum atomic E-state index is 13.1. The lowest BCUT2D eigenvalue weighted by molar-refractivity contribution is -0.278. The van der Waals surface area contributed by atoms with Gasteiger partial charge >= 0.3 is 6.10 Å². The summed E-state index contributed by atoms with van der Waals surface area (Å²) >= 11 is 0. The van der Waals surface area contributed by atoms with Crippen LogP contribution in [0.4, 0.5) is 10.1 Å². The van der Waals surface area contributed by atoms with Gasteiger partial charge in [-0.2, -0.15) is 0 Å². The van der Waals surface area contributed by atoms with Gasteiger partial charge in [-0.1, -0.05) is 6.07 Å². The first-order valence-corrected chi connectivity index (χ1v) is 3.68. The summed E-state index contributed by atoms with van der Waals surface area (Å²) in [6, 6.07) is 4.27. The zero-order valence-electron chi connectivity index (χ0n) is 6.87. The fraction of sp³-hybridized carbons (Fsp3) is 0.250. The van der Waals surface area contributed by atoms with Gasteiger partial charge in [0, 0.05) is 7.11 Å². The van der Waals surface area contributed by atoms with Gasteiger partial charge in [0.1, 0.15) is 11.5 Å². The maximum absolute atomic E-state index is 13.1.